The molecule has 0 aliphatic rings. The highest BCUT2D eigenvalue weighted by molar-refractivity contribution is 7.88. The van der Waals surface area contributed by atoms with Gasteiger partial charge in [-0.1, -0.05) is 42.5 Å². The number of hydrogen-bond donors (Lipinski definition) is 2. The van der Waals surface area contributed by atoms with Crippen molar-refractivity contribution in [3.05, 3.63) is 75.8 Å². The highest BCUT2D eigenvalue weighted by Gasteiger charge is 2.23. The van der Waals surface area contributed by atoms with Gasteiger partial charge in [-0.25, -0.2) is 13.1 Å². The van der Waals surface area contributed by atoms with Gasteiger partial charge in [0, 0.05) is 12.1 Å². The molecule has 0 unspecified atom stereocenters. The summed E-state index contributed by atoms with van der Waals surface area (Å²) in [5, 5.41) is 19.9. The topological polar surface area (TPSA) is 127 Å². The highest BCUT2D eigenvalue weighted by Crippen LogP contribution is 2.23. The minimum atomic E-state index is -3.84. The Morgan fingerprint density at radius 1 is 1.16 bits per heavy atom. The molecule has 0 aromatic heterocycles. The van der Waals surface area contributed by atoms with Crippen LogP contribution >= 0.6 is 0 Å². The maximum atomic E-state index is 12.3. The van der Waals surface area contributed by atoms with Gasteiger partial charge in [-0.2, -0.15) is 0 Å². The van der Waals surface area contributed by atoms with Crippen molar-refractivity contribution in [2.75, 3.05) is 0 Å². The highest BCUT2D eigenvalue weighted by atomic mass is 32.2. The van der Waals surface area contributed by atoms with Gasteiger partial charge < -0.3 is 5.11 Å². The average Bonchev–Trinajstić information content (AvgIpc) is 2.54. The molecule has 0 aliphatic heterocycles. The molecule has 0 bridgehead atoms. The van der Waals surface area contributed by atoms with E-state index in [-0.39, 0.29) is 17.0 Å². The first-order valence-corrected chi connectivity index (χ1v) is 8.92. The maximum absolute atomic E-state index is 12.3. The van der Waals surface area contributed by atoms with Crippen molar-refractivity contribution >= 4 is 21.7 Å². The lowest BCUT2D eigenvalue weighted by molar-refractivity contribution is -0.384. The third-order valence-corrected chi connectivity index (χ3v) is 4.74. The third-order valence-electron chi connectivity index (χ3n) is 3.38. The smallest absolute Gasteiger partial charge is 0.305 e. The van der Waals surface area contributed by atoms with Crippen molar-refractivity contribution < 1.29 is 23.2 Å². The summed E-state index contributed by atoms with van der Waals surface area (Å²) in [5.41, 5.74) is 0.520. The molecule has 2 N–H and O–H groups in total. The first-order valence-electron chi connectivity index (χ1n) is 7.27. The second-order valence-corrected chi connectivity index (χ2v) is 7.12. The van der Waals surface area contributed by atoms with Crippen LogP contribution in [0.2, 0.25) is 0 Å². The van der Waals surface area contributed by atoms with Crippen LogP contribution in [-0.2, 0) is 20.6 Å². The number of carboxylic acid groups (broad SMARTS) is 1. The van der Waals surface area contributed by atoms with Gasteiger partial charge in [0.25, 0.3) is 5.69 Å². The van der Waals surface area contributed by atoms with E-state index in [4.69, 9.17) is 5.11 Å². The number of non-ortho nitro benzene ring substituents is 1. The zero-order valence-electron chi connectivity index (χ0n) is 13.0. The largest absolute Gasteiger partial charge is 0.481 e. The summed E-state index contributed by atoms with van der Waals surface area (Å²) >= 11 is 0. The SMILES string of the molecule is O=C(O)C[C@@H](NS(=O)(=O)Cc1ccccc1)c1cccc([N+](=O)[O-])c1. The summed E-state index contributed by atoms with van der Waals surface area (Å²) in [6, 6.07) is 12.6. The van der Waals surface area contributed by atoms with Gasteiger partial charge >= 0.3 is 5.97 Å². The van der Waals surface area contributed by atoms with Crippen molar-refractivity contribution in [2.45, 2.75) is 18.2 Å². The number of sulfonamides is 1. The van der Waals surface area contributed by atoms with E-state index >= 15 is 0 Å². The van der Waals surface area contributed by atoms with Crippen molar-refractivity contribution in [1.82, 2.24) is 4.72 Å². The molecule has 0 spiro atoms. The quantitative estimate of drug-likeness (QED) is 0.546. The molecular formula is C16H16N2O6S. The lowest BCUT2D eigenvalue weighted by Gasteiger charge is -2.17. The van der Waals surface area contributed by atoms with Gasteiger partial charge in [0.2, 0.25) is 10.0 Å². The Kier molecular flexibility index (Phi) is 5.84. The molecule has 2 aromatic rings. The number of carbonyl (C=O) groups is 1. The Morgan fingerprint density at radius 2 is 1.84 bits per heavy atom. The van der Waals surface area contributed by atoms with E-state index in [0.717, 1.165) is 0 Å². The fourth-order valence-corrected chi connectivity index (χ4v) is 3.68. The summed E-state index contributed by atoms with van der Waals surface area (Å²) in [6.45, 7) is 0. The van der Waals surface area contributed by atoms with Crippen LogP contribution in [0.15, 0.2) is 54.6 Å². The molecule has 25 heavy (non-hydrogen) atoms. The summed E-state index contributed by atoms with van der Waals surface area (Å²) < 4.78 is 27.0. The van der Waals surface area contributed by atoms with E-state index in [1.807, 2.05) is 0 Å². The number of nitrogens with zero attached hydrogens (tertiary/aromatic N) is 1. The van der Waals surface area contributed by atoms with E-state index in [1.165, 1.54) is 24.3 Å². The number of nitro benzene ring substituents is 1. The lowest BCUT2D eigenvalue weighted by Crippen LogP contribution is -2.31. The van der Waals surface area contributed by atoms with Crippen molar-refractivity contribution in [1.29, 1.82) is 0 Å². The zero-order chi connectivity index (χ0) is 18.4. The minimum Gasteiger partial charge on any atom is -0.481 e. The first-order chi connectivity index (χ1) is 11.8. The molecular weight excluding hydrogens is 348 g/mol. The summed E-state index contributed by atoms with van der Waals surface area (Å²) in [7, 11) is -3.84. The normalized spacial score (nSPS) is 12.5. The fourth-order valence-electron chi connectivity index (χ4n) is 2.31. The molecule has 0 aliphatic carbocycles. The molecule has 0 fully saturated rings. The fraction of sp³-hybridized carbons (Fsp3) is 0.188. The Bertz CT molecular complexity index is 867. The Balaban J connectivity index is 2.27. The number of nitro groups is 1. The minimum absolute atomic E-state index is 0.216. The van der Waals surface area contributed by atoms with E-state index < -0.39 is 33.4 Å². The number of rotatable bonds is 8. The van der Waals surface area contributed by atoms with Crippen LogP contribution in [0, 0.1) is 10.1 Å². The second kappa shape index (κ2) is 7.86. The molecule has 0 saturated heterocycles. The maximum Gasteiger partial charge on any atom is 0.305 e. The predicted molar refractivity (Wildman–Crippen MR) is 90.3 cm³/mol. The molecule has 1 atom stereocenters. The lowest BCUT2D eigenvalue weighted by atomic mass is 10.0. The molecule has 0 heterocycles. The Hall–Kier alpha value is -2.78. The molecule has 8 nitrogen and oxygen atoms in total. The van der Waals surface area contributed by atoms with E-state index in [0.29, 0.717) is 5.56 Å². The van der Waals surface area contributed by atoms with Crippen molar-refractivity contribution in [2.24, 2.45) is 0 Å². The Labute approximate surface area is 144 Å². The van der Waals surface area contributed by atoms with Crippen LogP contribution < -0.4 is 4.72 Å². The number of hydrogen-bond acceptors (Lipinski definition) is 5. The molecule has 132 valence electrons. The summed E-state index contributed by atoms with van der Waals surface area (Å²) in [5.74, 6) is -1.54. The van der Waals surface area contributed by atoms with Crippen LogP contribution in [0.25, 0.3) is 0 Å². The van der Waals surface area contributed by atoms with Crippen molar-refractivity contribution in [3.63, 3.8) is 0 Å². The van der Waals surface area contributed by atoms with Gasteiger partial charge in [0.15, 0.2) is 0 Å². The second-order valence-electron chi connectivity index (χ2n) is 5.37. The monoisotopic (exact) mass is 364 g/mol. The van der Waals surface area contributed by atoms with Crippen LogP contribution in [0.4, 0.5) is 5.69 Å². The van der Waals surface area contributed by atoms with Crippen LogP contribution in [0.5, 0.6) is 0 Å². The van der Waals surface area contributed by atoms with Crippen LogP contribution in [0.3, 0.4) is 0 Å². The van der Waals surface area contributed by atoms with E-state index in [9.17, 15) is 23.3 Å². The molecule has 9 heteroatoms. The number of aliphatic carboxylic acids is 1. The zero-order valence-corrected chi connectivity index (χ0v) is 13.8. The van der Waals surface area contributed by atoms with Gasteiger partial charge in [-0.05, 0) is 11.1 Å². The average molecular weight is 364 g/mol. The van der Waals surface area contributed by atoms with Crippen molar-refractivity contribution in [3.8, 4) is 0 Å². The standard InChI is InChI=1S/C16H16N2O6S/c19-16(20)10-15(13-7-4-8-14(9-13)18(21)22)17-25(23,24)11-12-5-2-1-3-6-12/h1-9,15,17H,10-11H2,(H,19,20)/t15-/m1/s1. The van der Waals surface area contributed by atoms with Gasteiger partial charge in [0.1, 0.15) is 0 Å². The summed E-state index contributed by atoms with van der Waals surface area (Å²) in [6.07, 6.45) is -0.533. The molecule has 0 radical (unpaired) electrons. The molecule has 0 saturated carbocycles. The molecule has 0 amide bonds. The number of nitrogens with one attached hydrogen (secondary N) is 1. The third kappa shape index (κ3) is 5.66. The van der Waals surface area contributed by atoms with E-state index in [2.05, 4.69) is 4.72 Å². The van der Waals surface area contributed by atoms with E-state index in [1.54, 1.807) is 30.3 Å². The van der Waals surface area contributed by atoms with Crippen LogP contribution in [-0.4, -0.2) is 24.4 Å². The van der Waals surface area contributed by atoms with Gasteiger partial charge in [-0.15, -0.1) is 0 Å². The summed E-state index contributed by atoms with van der Waals surface area (Å²) in [4.78, 5) is 21.3. The molecule has 2 aromatic carbocycles. The van der Waals surface area contributed by atoms with Gasteiger partial charge in [-0.3, -0.25) is 14.9 Å². The predicted octanol–water partition coefficient (Wildman–Crippen LogP) is 2.23. The number of benzene rings is 2. The van der Waals surface area contributed by atoms with Crippen LogP contribution in [0.1, 0.15) is 23.6 Å². The van der Waals surface area contributed by atoms with Gasteiger partial charge in [0.05, 0.1) is 23.1 Å². The first kappa shape index (κ1) is 18.6. The Morgan fingerprint density at radius 3 is 2.44 bits per heavy atom. The molecule has 2 rings (SSSR count). The number of carboxylic acids is 1.